The lowest BCUT2D eigenvalue weighted by Crippen LogP contribution is -1.97. The van der Waals surface area contributed by atoms with E-state index in [1.54, 1.807) is 6.08 Å². The number of nitrogens with zero attached hydrogens (tertiary/aromatic N) is 1. The summed E-state index contributed by atoms with van der Waals surface area (Å²) in [5, 5.41) is 0. The van der Waals surface area contributed by atoms with E-state index in [4.69, 9.17) is 0 Å². The molecule has 0 aliphatic rings. The lowest BCUT2D eigenvalue weighted by molar-refractivity contribution is -0.120. The average Bonchev–Trinajstić information content (AvgIpc) is 2.23. The van der Waals surface area contributed by atoms with Crippen LogP contribution in [-0.4, -0.2) is 16.6 Å². The van der Waals surface area contributed by atoms with Gasteiger partial charge in [-0.05, 0) is 38.1 Å². The van der Waals surface area contributed by atoms with E-state index >= 15 is 0 Å². The van der Waals surface area contributed by atoms with Gasteiger partial charge >= 0.3 is 0 Å². The molecular formula is C13H15NO2. The van der Waals surface area contributed by atoms with Gasteiger partial charge in [-0.2, -0.15) is 0 Å². The number of hydrogen-bond acceptors (Lipinski definition) is 3. The summed E-state index contributed by atoms with van der Waals surface area (Å²) >= 11 is 0. The van der Waals surface area contributed by atoms with Gasteiger partial charge in [-0.3, -0.25) is 9.78 Å². The maximum Gasteiger partial charge on any atom is 0.156 e. The second kappa shape index (κ2) is 5.95. The minimum absolute atomic E-state index is 0.0374. The Morgan fingerprint density at radius 1 is 1.31 bits per heavy atom. The van der Waals surface area contributed by atoms with Crippen molar-refractivity contribution >= 4 is 17.6 Å². The summed E-state index contributed by atoms with van der Waals surface area (Å²) in [5.74, 6) is -0.00561. The molecule has 16 heavy (non-hydrogen) atoms. The van der Waals surface area contributed by atoms with Gasteiger partial charge in [0.25, 0.3) is 0 Å². The van der Waals surface area contributed by atoms with Gasteiger partial charge in [0.15, 0.2) is 5.78 Å². The molecule has 0 saturated carbocycles. The zero-order valence-electron chi connectivity index (χ0n) is 9.56. The largest absolute Gasteiger partial charge is 0.300 e. The average molecular weight is 217 g/mol. The lowest BCUT2D eigenvalue weighted by Gasteiger charge is -1.95. The molecule has 3 nitrogen and oxygen atoms in total. The van der Waals surface area contributed by atoms with E-state index in [1.807, 2.05) is 25.1 Å². The molecule has 1 heterocycles. The van der Waals surface area contributed by atoms with Crippen LogP contribution in [0.5, 0.6) is 0 Å². The van der Waals surface area contributed by atoms with Crippen LogP contribution in [0.2, 0.25) is 0 Å². The molecule has 0 spiro atoms. The van der Waals surface area contributed by atoms with Crippen molar-refractivity contribution in [1.29, 1.82) is 0 Å². The zero-order chi connectivity index (χ0) is 12.0. The van der Waals surface area contributed by atoms with Crippen LogP contribution in [0.1, 0.15) is 31.2 Å². The van der Waals surface area contributed by atoms with E-state index < -0.39 is 0 Å². The van der Waals surface area contributed by atoms with E-state index in [1.165, 1.54) is 13.0 Å². The number of hydrogen-bond donors (Lipinski definition) is 0. The van der Waals surface area contributed by atoms with Crippen LogP contribution in [0.25, 0.3) is 6.08 Å². The number of allylic oxidation sites excluding steroid dienone is 1. The Morgan fingerprint density at radius 3 is 2.69 bits per heavy atom. The normalized spacial score (nSPS) is 10.6. The van der Waals surface area contributed by atoms with E-state index in [0.29, 0.717) is 6.42 Å². The summed E-state index contributed by atoms with van der Waals surface area (Å²) in [6.07, 6.45) is 3.74. The van der Waals surface area contributed by atoms with Crippen molar-refractivity contribution in [3.05, 3.63) is 35.7 Å². The molecule has 0 aliphatic heterocycles. The molecular weight excluding hydrogens is 202 g/mol. The summed E-state index contributed by atoms with van der Waals surface area (Å²) in [7, 11) is 0. The van der Waals surface area contributed by atoms with Crippen molar-refractivity contribution in [2.75, 3.05) is 0 Å². The fraction of sp³-hybridized carbons (Fsp3) is 0.308. The lowest BCUT2D eigenvalue weighted by atomic mass is 10.1. The van der Waals surface area contributed by atoms with Crippen LogP contribution in [0.4, 0.5) is 0 Å². The topological polar surface area (TPSA) is 47.0 Å². The molecule has 0 amide bonds. The Bertz CT molecular complexity index is 422. The van der Waals surface area contributed by atoms with Crippen molar-refractivity contribution in [2.45, 2.75) is 26.7 Å². The number of ketones is 2. The predicted octanol–water partition coefficient (Wildman–Crippen LogP) is 2.34. The molecule has 0 atom stereocenters. The van der Waals surface area contributed by atoms with E-state index in [9.17, 15) is 9.59 Å². The molecule has 1 aromatic rings. The number of pyridine rings is 1. The second-order valence-corrected chi connectivity index (χ2v) is 3.71. The Balaban J connectivity index is 2.53. The Labute approximate surface area is 95.2 Å². The molecule has 0 radical (unpaired) electrons. The fourth-order valence-corrected chi connectivity index (χ4v) is 1.22. The number of aromatic nitrogens is 1. The SMILES string of the molecule is CC(=O)CCC(=O)/C=C/c1cccc(C)n1. The zero-order valence-corrected chi connectivity index (χ0v) is 9.56. The van der Waals surface area contributed by atoms with Crippen molar-refractivity contribution in [2.24, 2.45) is 0 Å². The first kappa shape index (κ1) is 12.3. The van der Waals surface area contributed by atoms with Crippen LogP contribution >= 0.6 is 0 Å². The summed E-state index contributed by atoms with van der Waals surface area (Å²) in [6, 6.07) is 5.62. The molecule has 1 rings (SSSR count). The Kier molecular flexibility index (Phi) is 4.58. The molecule has 84 valence electrons. The van der Waals surface area contributed by atoms with Gasteiger partial charge in [0, 0.05) is 18.5 Å². The minimum atomic E-state index is -0.0430. The van der Waals surface area contributed by atoms with Gasteiger partial charge < -0.3 is 4.79 Å². The summed E-state index contributed by atoms with van der Waals surface area (Å²) in [4.78, 5) is 26.3. The molecule has 0 aromatic carbocycles. The van der Waals surface area contributed by atoms with E-state index in [-0.39, 0.29) is 18.0 Å². The highest BCUT2D eigenvalue weighted by Gasteiger charge is 1.99. The molecule has 0 saturated heterocycles. The van der Waals surface area contributed by atoms with E-state index in [2.05, 4.69) is 4.98 Å². The second-order valence-electron chi connectivity index (χ2n) is 3.71. The van der Waals surface area contributed by atoms with Crippen molar-refractivity contribution < 1.29 is 9.59 Å². The number of carbonyl (C=O) groups is 2. The first-order valence-corrected chi connectivity index (χ1v) is 5.22. The van der Waals surface area contributed by atoms with E-state index in [0.717, 1.165) is 11.4 Å². The maximum atomic E-state index is 11.3. The molecule has 0 fully saturated rings. The number of carbonyl (C=O) groups excluding carboxylic acids is 2. The van der Waals surface area contributed by atoms with Gasteiger partial charge in [0.2, 0.25) is 0 Å². The highest BCUT2D eigenvalue weighted by atomic mass is 16.1. The Hall–Kier alpha value is -1.77. The van der Waals surface area contributed by atoms with Crippen molar-refractivity contribution in [3.63, 3.8) is 0 Å². The van der Waals surface area contributed by atoms with Crippen LogP contribution in [0.15, 0.2) is 24.3 Å². The molecule has 1 aromatic heterocycles. The van der Waals surface area contributed by atoms with Crippen molar-refractivity contribution in [3.8, 4) is 0 Å². The number of aryl methyl sites for hydroxylation is 1. The third-order valence-corrected chi connectivity index (χ3v) is 2.07. The first-order chi connectivity index (χ1) is 7.58. The van der Waals surface area contributed by atoms with Crippen LogP contribution in [0.3, 0.4) is 0 Å². The summed E-state index contributed by atoms with van der Waals surface area (Å²) < 4.78 is 0. The van der Waals surface area contributed by atoms with Gasteiger partial charge in [-0.1, -0.05) is 6.07 Å². The van der Waals surface area contributed by atoms with Gasteiger partial charge in [-0.25, -0.2) is 0 Å². The van der Waals surface area contributed by atoms with Crippen molar-refractivity contribution in [1.82, 2.24) is 4.98 Å². The highest BCUT2D eigenvalue weighted by molar-refractivity contribution is 5.95. The molecule has 3 heteroatoms. The molecule has 0 N–H and O–H groups in total. The monoisotopic (exact) mass is 217 g/mol. The third-order valence-electron chi connectivity index (χ3n) is 2.07. The van der Waals surface area contributed by atoms with Gasteiger partial charge in [0.1, 0.15) is 5.78 Å². The summed E-state index contributed by atoms with van der Waals surface area (Å²) in [6.45, 7) is 3.38. The highest BCUT2D eigenvalue weighted by Crippen LogP contribution is 2.02. The predicted molar refractivity (Wildman–Crippen MR) is 62.9 cm³/mol. The molecule has 0 unspecified atom stereocenters. The quantitative estimate of drug-likeness (QED) is 0.711. The standard InChI is InChI=1S/C13H15NO2/c1-10-4-3-5-12(14-10)7-9-13(16)8-6-11(2)15/h3-5,7,9H,6,8H2,1-2H3/b9-7+. The molecule has 0 bridgehead atoms. The first-order valence-electron chi connectivity index (χ1n) is 5.22. The van der Waals surface area contributed by atoms with Crippen LogP contribution in [-0.2, 0) is 9.59 Å². The van der Waals surface area contributed by atoms with Crippen LogP contribution in [0, 0.1) is 6.92 Å². The van der Waals surface area contributed by atoms with Gasteiger partial charge in [-0.15, -0.1) is 0 Å². The fourth-order valence-electron chi connectivity index (χ4n) is 1.22. The third kappa shape index (κ3) is 4.64. The summed E-state index contributed by atoms with van der Waals surface area (Å²) in [5.41, 5.74) is 1.68. The number of rotatable bonds is 5. The maximum absolute atomic E-state index is 11.3. The smallest absolute Gasteiger partial charge is 0.156 e. The minimum Gasteiger partial charge on any atom is -0.300 e. The van der Waals surface area contributed by atoms with Gasteiger partial charge in [0.05, 0.1) is 5.69 Å². The van der Waals surface area contributed by atoms with Crippen LogP contribution < -0.4 is 0 Å². The molecule has 0 aliphatic carbocycles. The Morgan fingerprint density at radius 2 is 2.06 bits per heavy atom. The number of Topliss-reactive ketones (excluding diaryl/α,β-unsaturated/α-hetero) is 1.